The Balaban J connectivity index is 1.73. The first kappa shape index (κ1) is 14.0. The fraction of sp³-hybridized carbons (Fsp3) is 0.467. The first-order chi connectivity index (χ1) is 10.1. The minimum absolute atomic E-state index is 0.0963. The van der Waals surface area contributed by atoms with Gasteiger partial charge in [0.05, 0.1) is 18.9 Å². The van der Waals surface area contributed by atoms with Crippen molar-refractivity contribution in [1.82, 2.24) is 4.90 Å². The zero-order valence-corrected chi connectivity index (χ0v) is 11.8. The number of hydrogen-bond donors (Lipinski definition) is 0. The second-order valence-corrected chi connectivity index (χ2v) is 5.45. The van der Waals surface area contributed by atoms with Gasteiger partial charge < -0.3 is 14.5 Å². The smallest absolute Gasteiger partial charge is 0.269 e. The van der Waals surface area contributed by atoms with Crippen molar-refractivity contribution in [2.45, 2.75) is 18.9 Å². The van der Waals surface area contributed by atoms with Crippen molar-refractivity contribution >= 4 is 11.6 Å². The van der Waals surface area contributed by atoms with Crippen molar-refractivity contribution in [3.05, 3.63) is 35.6 Å². The number of carbonyl (C=O) groups is 1. The summed E-state index contributed by atoms with van der Waals surface area (Å²) in [7, 11) is 0. The van der Waals surface area contributed by atoms with Crippen LogP contribution in [-0.2, 0) is 14.4 Å². The van der Waals surface area contributed by atoms with Gasteiger partial charge >= 0.3 is 0 Å². The fourth-order valence-corrected chi connectivity index (χ4v) is 2.58. The van der Waals surface area contributed by atoms with Crippen LogP contribution in [0.5, 0.6) is 0 Å². The van der Waals surface area contributed by atoms with E-state index in [2.05, 4.69) is 5.16 Å². The van der Waals surface area contributed by atoms with Crippen LogP contribution < -0.4 is 0 Å². The number of ether oxygens (including phenoxy) is 1. The van der Waals surface area contributed by atoms with Crippen LogP contribution in [0.4, 0.5) is 4.39 Å². The summed E-state index contributed by atoms with van der Waals surface area (Å²) < 4.78 is 18.5. The second kappa shape index (κ2) is 5.44. The summed E-state index contributed by atoms with van der Waals surface area (Å²) in [4.78, 5) is 19.7. The zero-order valence-electron chi connectivity index (χ0n) is 11.8. The van der Waals surface area contributed by atoms with Crippen LogP contribution in [0.3, 0.4) is 0 Å². The number of nitrogens with zero attached hydrogens (tertiary/aromatic N) is 2. The molecule has 0 aromatic heterocycles. The number of halogens is 1. The molecule has 5 nitrogen and oxygen atoms in total. The molecule has 21 heavy (non-hydrogen) atoms. The first-order valence-corrected chi connectivity index (χ1v) is 6.97. The van der Waals surface area contributed by atoms with Gasteiger partial charge in [-0.3, -0.25) is 4.79 Å². The molecule has 0 N–H and O–H groups in total. The minimum atomic E-state index is -1.01. The van der Waals surface area contributed by atoms with Gasteiger partial charge in [-0.2, -0.15) is 0 Å². The van der Waals surface area contributed by atoms with Gasteiger partial charge in [0.15, 0.2) is 0 Å². The van der Waals surface area contributed by atoms with Crippen LogP contribution >= 0.6 is 0 Å². The fourth-order valence-electron chi connectivity index (χ4n) is 2.58. The molecular weight excluding hydrogens is 275 g/mol. The van der Waals surface area contributed by atoms with Crippen LogP contribution in [0, 0.1) is 5.82 Å². The lowest BCUT2D eigenvalue weighted by molar-refractivity contribution is -0.157. The van der Waals surface area contributed by atoms with Gasteiger partial charge in [0.2, 0.25) is 5.60 Å². The van der Waals surface area contributed by atoms with E-state index in [0.29, 0.717) is 44.0 Å². The molecule has 3 rings (SSSR count). The first-order valence-electron chi connectivity index (χ1n) is 6.97. The third-order valence-electron chi connectivity index (χ3n) is 3.77. The number of amides is 1. The maximum atomic E-state index is 13.3. The van der Waals surface area contributed by atoms with Crippen molar-refractivity contribution in [3.8, 4) is 0 Å². The molecule has 2 aliphatic rings. The van der Waals surface area contributed by atoms with Gasteiger partial charge in [-0.1, -0.05) is 17.3 Å². The Morgan fingerprint density at radius 3 is 2.86 bits per heavy atom. The second-order valence-electron chi connectivity index (χ2n) is 5.45. The summed E-state index contributed by atoms with van der Waals surface area (Å²) in [5.74, 6) is -0.427. The normalized spacial score (nSPS) is 25.4. The Hall–Kier alpha value is -1.95. The van der Waals surface area contributed by atoms with Crippen molar-refractivity contribution < 1.29 is 18.8 Å². The highest BCUT2D eigenvalue weighted by molar-refractivity contribution is 6.05. The van der Waals surface area contributed by atoms with Crippen LogP contribution in [0.1, 0.15) is 18.9 Å². The predicted molar refractivity (Wildman–Crippen MR) is 74.4 cm³/mol. The highest BCUT2D eigenvalue weighted by Crippen LogP contribution is 2.29. The van der Waals surface area contributed by atoms with E-state index < -0.39 is 5.60 Å². The number of oxime groups is 1. The molecule has 1 aromatic rings. The maximum absolute atomic E-state index is 13.3. The van der Waals surface area contributed by atoms with Gasteiger partial charge in [0.1, 0.15) is 5.82 Å². The molecule has 0 saturated carbocycles. The van der Waals surface area contributed by atoms with E-state index in [9.17, 15) is 9.18 Å². The molecule has 1 amide bonds. The number of carbonyl (C=O) groups excluding carboxylic acids is 1. The van der Waals surface area contributed by atoms with Crippen molar-refractivity contribution in [2.24, 2.45) is 5.16 Å². The van der Waals surface area contributed by atoms with E-state index in [-0.39, 0.29) is 11.7 Å². The molecule has 2 aliphatic heterocycles. The van der Waals surface area contributed by atoms with Crippen LogP contribution in [0.25, 0.3) is 0 Å². The van der Waals surface area contributed by atoms with Gasteiger partial charge in [0, 0.05) is 25.1 Å². The van der Waals surface area contributed by atoms with Crippen molar-refractivity contribution in [2.75, 3.05) is 26.3 Å². The van der Waals surface area contributed by atoms with Gasteiger partial charge in [-0.15, -0.1) is 0 Å². The standard InChI is InChI=1S/C15H17FN2O3/c1-15(14(19)18-5-7-20-8-6-18)10-13(17-21-15)11-3-2-4-12(16)9-11/h2-4,9H,5-8,10H2,1H3. The predicted octanol–water partition coefficient (Wildman–Crippen LogP) is 1.57. The molecule has 0 spiro atoms. The number of benzene rings is 1. The quantitative estimate of drug-likeness (QED) is 0.831. The molecule has 0 aliphatic carbocycles. The van der Waals surface area contributed by atoms with Crippen LogP contribution in [-0.4, -0.2) is 48.4 Å². The Labute approximate surface area is 122 Å². The van der Waals surface area contributed by atoms with E-state index in [1.165, 1.54) is 12.1 Å². The number of hydrogen-bond acceptors (Lipinski definition) is 4. The van der Waals surface area contributed by atoms with E-state index in [0.717, 1.165) is 0 Å². The van der Waals surface area contributed by atoms with Gasteiger partial charge in [0.25, 0.3) is 5.91 Å². The number of morpholine rings is 1. The molecule has 1 atom stereocenters. The van der Waals surface area contributed by atoms with Crippen molar-refractivity contribution in [3.63, 3.8) is 0 Å². The largest absolute Gasteiger partial charge is 0.379 e. The average Bonchev–Trinajstić information content (AvgIpc) is 2.91. The summed E-state index contributed by atoms with van der Waals surface area (Å²) in [5.41, 5.74) is 0.228. The van der Waals surface area contributed by atoms with Crippen LogP contribution in [0.15, 0.2) is 29.4 Å². The Morgan fingerprint density at radius 1 is 1.38 bits per heavy atom. The summed E-state index contributed by atoms with van der Waals surface area (Å²) in [6.07, 6.45) is 0.340. The van der Waals surface area contributed by atoms with E-state index in [1.807, 2.05) is 0 Å². The minimum Gasteiger partial charge on any atom is -0.379 e. The summed E-state index contributed by atoms with van der Waals surface area (Å²) in [6.45, 7) is 3.93. The SMILES string of the molecule is CC1(C(=O)N2CCOCC2)CC(c2cccc(F)c2)=NO1. The van der Waals surface area contributed by atoms with Gasteiger partial charge in [-0.25, -0.2) is 4.39 Å². The van der Waals surface area contributed by atoms with E-state index >= 15 is 0 Å². The Kier molecular flexibility index (Phi) is 3.63. The highest BCUT2D eigenvalue weighted by Gasteiger charge is 2.44. The van der Waals surface area contributed by atoms with Crippen LogP contribution in [0.2, 0.25) is 0 Å². The molecular formula is C15H17FN2O3. The topological polar surface area (TPSA) is 51.1 Å². The lowest BCUT2D eigenvalue weighted by Gasteiger charge is -2.32. The lowest BCUT2D eigenvalue weighted by Crippen LogP contribution is -2.51. The molecule has 1 aromatic carbocycles. The van der Waals surface area contributed by atoms with Crippen molar-refractivity contribution in [1.29, 1.82) is 0 Å². The summed E-state index contributed by atoms with van der Waals surface area (Å²) >= 11 is 0. The molecule has 2 heterocycles. The lowest BCUT2D eigenvalue weighted by atomic mass is 9.94. The monoisotopic (exact) mass is 292 g/mol. The molecule has 1 unspecified atom stereocenters. The summed E-state index contributed by atoms with van der Waals surface area (Å²) in [5, 5.41) is 3.99. The molecule has 1 fully saturated rings. The van der Waals surface area contributed by atoms with Gasteiger partial charge in [-0.05, 0) is 19.1 Å². The molecule has 6 heteroatoms. The third-order valence-corrected chi connectivity index (χ3v) is 3.77. The summed E-state index contributed by atoms with van der Waals surface area (Å²) in [6, 6.07) is 6.15. The number of rotatable bonds is 2. The average molecular weight is 292 g/mol. The maximum Gasteiger partial charge on any atom is 0.269 e. The Morgan fingerprint density at radius 2 is 2.14 bits per heavy atom. The highest BCUT2D eigenvalue weighted by atomic mass is 19.1. The van der Waals surface area contributed by atoms with E-state index in [1.54, 1.807) is 24.0 Å². The Bertz CT molecular complexity index is 584. The van der Waals surface area contributed by atoms with E-state index in [4.69, 9.17) is 9.57 Å². The molecule has 0 radical (unpaired) electrons. The molecule has 0 bridgehead atoms. The molecule has 1 saturated heterocycles. The molecule has 112 valence electrons. The third kappa shape index (κ3) is 2.76. The zero-order chi connectivity index (χ0) is 14.9.